The quantitative estimate of drug-likeness (QED) is 0.402. The van der Waals surface area contributed by atoms with Gasteiger partial charge in [-0.2, -0.15) is 26.3 Å². The first-order chi connectivity index (χ1) is 16.4. The lowest BCUT2D eigenvalue weighted by molar-refractivity contribution is -0.143. The number of hydrogen-bond acceptors (Lipinski definition) is 4. The minimum Gasteiger partial charge on any atom is -0.301 e. The van der Waals surface area contributed by atoms with Crippen molar-refractivity contribution in [3.05, 3.63) is 64.7 Å². The molecule has 1 saturated heterocycles. The van der Waals surface area contributed by atoms with Gasteiger partial charge in [-0.05, 0) is 49.2 Å². The van der Waals surface area contributed by atoms with Gasteiger partial charge in [0.05, 0.1) is 16.8 Å². The lowest BCUT2D eigenvalue weighted by atomic mass is 9.98. The van der Waals surface area contributed by atoms with E-state index >= 15 is 0 Å². The normalized spacial score (nSPS) is 16.7. The van der Waals surface area contributed by atoms with E-state index in [0.29, 0.717) is 25.2 Å². The number of hydrogen-bond donors (Lipinski definition) is 2. The van der Waals surface area contributed by atoms with Crippen LogP contribution in [-0.2, 0) is 17.1 Å². The first kappa shape index (κ1) is 26.8. The van der Waals surface area contributed by atoms with Gasteiger partial charge < -0.3 is 4.90 Å². The zero-order valence-corrected chi connectivity index (χ0v) is 19.4. The van der Waals surface area contributed by atoms with Gasteiger partial charge in [0.2, 0.25) is 0 Å². The Bertz CT molecular complexity index is 984. The molecular formula is C24H28F6N4O. The van der Waals surface area contributed by atoms with Gasteiger partial charge in [0.25, 0.3) is 5.91 Å². The zero-order valence-electron chi connectivity index (χ0n) is 19.4. The number of hydrazine groups is 1. The molecule has 0 radical (unpaired) electrons. The molecule has 1 aliphatic rings. The van der Waals surface area contributed by atoms with Crippen molar-refractivity contribution in [3.8, 4) is 0 Å². The second-order valence-corrected chi connectivity index (χ2v) is 8.55. The number of amides is 1. The summed E-state index contributed by atoms with van der Waals surface area (Å²) in [5.41, 5.74) is 2.73. The number of alkyl halides is 6. The molecule has 1 atom stereocenters. The predicted molar refractivity (Wildman–Crippen MR) is 120 cm³/mol. The van der Waals surface area contributed by atoms with Gasteiger partial charge in [-0.15, -0.1) is 0 Å². The maximum absolute atomic E-state index is 13.3. The van der Waals surface area contributed by atoms with Crippen LogP contribution in [0.1, 0.15) is 41.6 Å². The van der Waals surface area contributed by atoms with Crippen molar-refractivity contribution in [2.75, 3.05) is 38.1 Å². The van der Waals surface area contributed by atoms with Crippen LogP contribution in [0.2, 0.25) is 0 Å². The first-order valence-electron chi connectivity index (χ1n) is 11.3. The topological polar surface area (TPSA) is 47.6 Å². The van der Waals surface area contributed by atoms with Crippen LogP contribution < -0.4 is 10.9 Å². The number of rotatable bonds is 7. The number of halogens is 6. The summed E-state index contributed by atoms with van der Waals surface area (Å²) in [5.74, 6) is -0.575. The van der Waals surface area contributed by atoms with E-state index in [2.05, 4.69) is 22.7 Å². The summed E-state index contributed by atoms with van der Waals surface area (Å²) in [4.78, 5) is 17.5. The molecule has 1 fully saturated rings. The van der Waals surface area contributed by atoms with E-state index < -0.39 is 41.1 Å². The predicted octanol–water partition coefficient (Wildman–Crippen LogP) is 5.24. The van der Waals surface area contributed by atoms with E-state index in [1.54, 1.807) is 12.1 Å². The molecule has 1 heterocycles. The van der Waals surface area contributed by atoms with E-state index in [1.165, 1.54) is 0 Å². The molecule has 0 aromatic heterocycles. The van der Waals surface area contributed by atoms with E-state index in [9.17, 15) is 31.1 Å². The largest absolute Gasteiger partial charge is 0.416 e. The number of carbonyl (C=O) groups is 1. The fourth-order valence-electron chi connectivity index (χ4n) is 4.19. The van der Waals surface area contributed by atoms with Crippen LogP contribution in [-0.4, -0.2) is 48.4 Å². The molecule has 2 aromatic rings. The van der Waals surface area contributed by atoms with Gasteiger partial charge >= 0.3 is 12.4 Å². The van der Waals surface area contributed by atoms with E-state index in [0.717, 1.165) is 37.2 Å². The van der Waals surface area contributed by atoms with Crippen LogP contribution in [0, 0.1) is 6.92 Å². The van der Waals surface area contributed by atoms with Crippen molar-refractivity contribution < 1.29 is 31.1 Å². The first-order valence-corrected chi connectivity index (χ1v) is 11.3. The fourth-order valence-corrected chi connectivity index (χ4v) is 4.19. The Morgan fingerprint density at radius 3 is 2.03 bits per heavy atom. The summed E-state index contributed by atoms with van der Waals surface area (Å²) in [5, 5.41) is 0. The molecule has 2 N–H and O–H groups in total. The zero-order chi connectivity index (χ0) is 25.8. The summed E-state index contributed by atoms with van der Waals surface area (Å²) in [6, 6.07) is 7.59. The van der Waals surface area contributed by atoms with Gasteiger partial charge in [-0.25, -0.2) is 0 Å². The standard InChI is InChI=1S/C24H28F6N4O/c1-3-8-33-9-11-34(12-10-33)21(20-7-5-4-6-16(20)2)22(35)32-31-19-14-17(23(25,26)27)13-18(15-19)24(28,29)30/h4-7,13-15,21,31H,3,8-12H2,1-2H3,(H,32,35). The van der Waals surface area contributed by atoms with Gasteiger partial charge in [0.1, 0.15) is 6.04 Å². The Hall–Kier alpha value is -2.79. The van der Waals surface area contributed by atoms with Crippen molar-refractivity contribution in [3.63, 3.8) is 0 Å². The fraction of sp³-hybridized carbons (Fsp3) is 0.458. The highest BCUT2D eigenvalue weighted by Crippen LogP contribution is 2.37. The molecule has 0 bridgehead atoms. The van der Waals surface area contributed by atoms with E-state index in [4.69, 9.17) is 0 Å². The van der Waals surface area contributed by atoms with Crippen molar-refractivity contribution in [1.29, 1.82) is 0 Å². The molecular weight excluding hydrogens is 474 g/mol. The van der Waals surface area contributed by atoms with Crippen LogP contribution in [0.5, 0.6) is 0 Å². The third kappa shape index (κ3) is 6.88. The number of piperazine rings is 1. The number of aryl methyl sites for hydroxylation is 1. The summed E-state index contributed by atoms with van der Waals surface area (Å²) < 4.78 is 79.0. The second-order valence-electron chi connectivity index (χ2n) is 8.55. The molecule has 2 aromatic carbocycles. The highest BCUT2D eigenvalue weighted by molar-refractivity contribution is 5.84. The highest BCUT2D eigenvalue weighted by Gasteiger charge is 2.37. The molecule has 3 rings (SSSR count). The molecule has 1 unspecified atom stereocenters. The SMILES string of the molecule is CCCN1CCN(C(C(=O)NNc2cc(C(F)(F)F)cc(C(F)(F)F)c2)c2ccccc2C)CC1. The minimum atomic E-state index is -4.98. The molecule has 11 heteroatoms. The Balaban J connectivity index is 1.84. The van der Waals surface area contributed by atoms with Crippen LogP contribution in [0.3, 0.4) is 0 Å². The third-order valence-corrected chi connectivity index (χ3v) is 5.96. The minimum absolute atomic E-state index is 0.0406. The number of nitrogens with one attached hydrogen (secondary N) is 2. The highest BCUT2D eigenvalue weighted by atomic mass is 19.4. The lowest BCUT2D eigenvalue weighted by Gasteiger charge is -2.39. The van der Waals surface area contributed by atoms with Crippen LogP contribution >= 0.6 is 0 Å². The van der Waals surface area contributed by atoms with Crippen molar-refractivity contribution >= 4 is 11.6 Å². The molecule has 0 saturated carbocycles. The maximum atomic E-state index is 13.3. The lowest BCUT2D eigenvalue weighted by Crippen LogP contribution is -2.51. The maximum Gasteiger partial charge on any atom is 0.416 e. The number of carbonyl (C=O) groups excluding carboxylic acids is 1. The van der Waals surface area contributed by atoms with Gasteiger partial charge in [-0.3, -0.25) is 20.5 Å². The number of nitrogens with zero attached hydrogens (tertiary/aromatic N) is 2. The van der Waals surface area contributed by atoms with Crippen molar-refractivity contribution in [1.82, 2.24) is 15.2 Å². The summed E-state index contributed by atoms with van der Waals surface area (Å²) in [7, 11) is 0. The van der Waals surface area contributed by atoms with Crippen molar-refractivity contribution in [2.45, 2.75) is 38.7 Å². The molecule has 0 spiro atoms. The Morgan fingerprint density at radius 1 is 0.943 bits per heavy atom. The van der Waals surface area contributed by atoms with Gasteiger partial charge in [0.15, 0.2) is 0 Å². The van der Waals surface area contributed by atoms with Crippen LogP contribution in [0.4, 0.5) is 32.0 Å². The molecule has 192 valence electrons. The summed E-state index contributed by atoms with van der Waals surface area (Å²) in [6.07, 6.45) is -8.96. The molecule has 1 amide bonds. The van der Waals surface area contributed by atoms with Crippen molar-refractivity contribution in [2.24, 2.45) is 0 Å². The second kappa shape index (κ2) is 10.9. The van der Waals surface area contributed by atoms with Crippen LogP contribution in [0.25, 0.3) is 0 Å². The summed E-state index contributed by atoms with van der Waals surface area (Å²) >= 11 is 0. The smallest absolute Gasteiger partial charge is 0.301 e. The number of benzene rings is 2. The average Bonchev–Trinajstić information content (AvgIpc) is 2.79. The monoisotopic (exact) mass is 502 g/mol. The van der Waals surface area contributed by atoms with E-state index in [-0.39, 0.29) is 6.07 Å². The Kier molecular flexibility index (Phi) is 8.32. The third-order valence-electron chi connectivity index (χ3n) is 5.96. The average molecular weight is 503 g/mol. The van der Waals surface area contributed by atoms with E-state index in [1.807, 2.05) is 24.0 Å². The molecule has 5 nitrogen and oxygen atoms in total. The van der Waals surface area contributed by atoms with Crippen LogP contribution in [0.15, 0.2) is 42.5 Å². The molecule has 0 aliphatic carbocycles. The van der Waals surface area contributed by atoms with Gasteiger partial charge in [-0.1, -0.05) is 31.2 Å². The number of anilines is 1. The Labute approximate surface area is 200 Å². The Morgan fingerprint density at radius 2 is 1.51 bits per heavy atom. The molecule has 35 heavy (non-hydrogen) atoms. The van der Waals surface area contributed by atoms with Gasteiger partial charge in [0, 0.05) is 26.2 Å². The molecule has 1 aliphatic heterocycles. The summed E-state index contributed by atoms with van der Waals surface area (Å²) in [6.45, 7) is 7.55.